The summed E-state index contributed by atoms with van der Waals surface area (Å²) in [6.45, 7) is 2.16. The van der Waals surface area contributed by atoms with Crippen LogP contribution < -0.4 is 10.1 Å². The van der Waals surface area contributed by atoms with E-state index in [1.165, 1.54) is 18.4 Å². The lowest BCUT2D eigenvalue weighted by atomic mass is 10.1. The van der Waals surface area contributed by atoms with Crippen LogP contribution in [-0.2, 0) is 0 Å². The van der Waals surface area contributed by atoms with E-state index in [2.05, 4.69) is 16.4 Å². The Morgan fingerprint density at radius 1 is 1.42 bits per heavy atom. The van der Waals surface area contributed by atoms with E-state index in [-0.39, 0.29) is 0 Å². The SMILES string of the molecule is OCCC[C@@H]1CC1c1cncc(OC[C@@H]2CCN2)c1. The van der Waals surface area contributed by atoms with Gasteiger partial charge in [0.1, 0.15) is 12.4 Å². The molecule has 0 amide bonds. The van der Waals surface area contributed by atoms with Gasteiger partial charge in [0.25, 0.3) is 0 Å². The molecule has 1 aromatic rings. The predicted molar refractivity (Wildman–Crippen MR) is 73.3 cm³/mol. The Kier molecular flexibility index (Phi) is 3.99. The smallest absolute Gasteiger partial charge is 0.137 e. The van der Waals surface area contributed by atoms with Gasteiger partial charge in [-0.3, -0.25) is 4.98 Å². The highest BCUT2D eigenvalue weighted by molar-refractivity contribution is 5.30. The molecule has 4 heteroatoms. The number of hydrogen-bond acceptors (Lipinski definition) is 4. The number of rotatable bonds is 7. The Bertz CT molecular complexity index is 420. The molecule has 3 atom stereocenters. The molecule has 1 unspecified atom stereocenters. The molecule has 0 radical (unpaired) electrons. The minimum Gasteiger partial charge on any atom is -0.490 e. The molecule has 0 aromatic carbocycles. The standard InChI is InChI=1S/C15H22N2O2/c18-5-1-2-11-7-15(11)12-6-14(9-16-8-12)19-10-13-3-4-17-13/h6,8-9,11,13,15,17-18H,1-5,7,10H2/t11-,13+,15?/m1/s1. The van der Waals surface area contributed by atoms with Crippen LogP contribution in [0.2, 0.25) is 0 Å². The van der Waals surface area contributed by atoms with Gasteiger partial charge in [0.15, 0.2) is 0 Å². The predicted octanol–water partition coefficient (Wildman–Crippen LogP) is 1.70. The van der Waals surface area contributed by atoms with Gasteiger partial charge >= 0.3 is 0 Å². The maximum absolute atomic E-state index is 8.86. The van der Waals surface area contributed by atoms with Gasteiger partial charge in [-0.1, -0.05) is 0 Å². The van der Waals surface area contributed by atoms with E-state index >= 15 is 0 Å². The first-order valence-electron chi connectivity index (χ1n) is 7.29. The van der Waals surface area contributed by atoms with E-state index in [4.69, 9.17) is 9.84 Å². The maximum atomic E-state index is 8.86. The molecular formula is C15H22N2O2. The van der Waals surface area contributed by atoms with E-state index in [1.807, 2.05) is 6.20 Å². The van der Waals surface area contributed by atoms with Crippen LogP contribution in [0.25, 0.3) is 0 Å². The number of nitrogens with one attached hydrogen (secondary N) is 1. The molecule has 2 heterocycles. The van der Waals surface area contributed by atoms with Gasteiger partial charge in [0.2, 0.25) is 0 Å². The molecule has 19 heavy (non-hydrogen) atoms. The van der Waals surface area contributed by atoms with Gasteiger partial charge in [-0.2, -0.15) is 0 Å². The number of aliphatic hydroxyl groups excluding tert-OH is 1. The second-order valence-corrected chi connectivity index (χ2v) is 5.67. The minimum absolute atomic E-state index is 0.305. The van der Waals surface area contributed by atoms with Crippen molar-refractivity contribution in [1.82, 2.24) is 10.3 Å². The summed E-state index contributed by atoms with van der Waals surface area (Å²) in [6.07, 6.45) is 8.23. The molecule has 3 rings (SSSR count). The van der Waals surface area contributed by atoms with Crippen molar-refractivity contribution in [3.8, 4) is 5.75 Å². The monoisotopic (exact) mass is 262 g/mol. The van der Waals surface area contributed by atoms with Crippen LogP contribution in [-0.4, -0.2) is 35.9 Å². The highest BCUT2D eigenvalue weighted by Crippen LogP contribution is 2.50. The van der Waals surface area contributed by atoms with Crippen molar-refractivity contribution in [1.29, 1.82) is 0 Å². The van der Waals surface area contributed by atoms with Crippen molar-refractivity contribution in [2.75, 3.05) is 19.8 Å². The lowest BCUT2D eigenvalue weighted by Gasteiger charge is -2.27. The molecule has 2 aliphatic rings. The largest absolute Gasteiger partial charge is 0.490 e. The first kappa shape index (κ1) is 12.9. The number of pyridine rings is 1. The Morgan fingerprint density at radius 2 is 2.32 bits per heavy atom. The molecule has 2 N–H and O–H groups in total. The minimum atomic E-state index is 0.305. The van der Waals surface area contributed by atoms with Crippen LogP contribution in [0.3, 0.4) is 0 Å². The lowest BCUT2D eigenvalue weighted by Crippen LogP contribution is -2.46. The van der Waals surface area contributed by atoms with Gasteiger partial charge in [-0.25, -0.2) is 0 Å². The van der Waals surface area contributed by atoms with Crippen LogP contribution in [0.5, 0.6) is 5.75 Å². The van der Waals surface area contributed by atoms with Gasteiger partial charge in [-0.15, -0.1) is 0 Å². The molecule has 0 bridgehead atoms. The van der Waals surface area contributed by atoms with Crippen molar-refractivity contribution < 1.29 is 9.84 Å². The first-order valence-corrected chi connectivity index (χ1v) is 7.29. The number of nitrogens with zero attached hydrogens (tertiary/aromatic N) is 1. The van der Waals surface area contributed by atoms with Gasteiger partial charge in [-0.05, 0) is 55.7 Å². The van der Waals surface area contributed by atoms with Crippen molar-refractivity contribution in [2.45, 2.75) is 37.6 Å². The Hall–Kier alpha value is -1.13. The van der Waals surface area contributed by atoms with Crippen LogP contribution in [0.4, 0.5) is 0 Å². The van der Waals surface area contributed by atoms with Crippen LogP contribution >= 0.6 is 0 Å². The molecule has 0 spiro atoms. The van der Waals surface area contributed by atoms with Crippen molar-refractivity contribution in [2.24, 2.45) is 5.92 Å². The van der Waals surface area contributed by atoms with Crippen LogP contribution in [0, 0.1) is 5.92 Å². The van der Waals surface area contributed by atoms with E-state index < -0.39 is 0 Å². The zero-order chi connectivity index (χ0) is 13.1. The van der Waals surface area contributed by atoms with Crippen molar-refractivity contribution in [3.05, 3.63) is 24.0 Å². The summed E-state index contributed by atoms with van der Waals surface area (Å²) < 4.78 is 5.78. The summed E-state index contributed by atoms with van der Waals surface area (Å²) in [5.74, 6) is 2.25. The first-order chi connectivity index (χ1) is 9.36. The zero-order valence-corrected chi connectivity index (χ0v) is 11.2. The van der Waals surface area contributed by atoms with E-state index in [9.17, 15) is 0 Å². The number of aliphatic hydroxyl groups is 1. The maximum Gasteiger partial charge on any atom is 0.137 e. The highest BCUT2D eigenvalue weighted by Gasteiger charge is 2.37. The van der Waals surface area contributed by atoms with E-state index in [1.54, 1.807) is 6.20 Å². The third-order valence-electron chi connectivity index (χ3n) is 4.20. The van der Waals surface area contributed by atoms with Gasteiger partial charge < -0.3 is 15.2 Å². The fourth-order valence-corrected chi connectivity index (χ4v) is 2.73. The number of ether oxygens (including phenoxy) is 1. The third kappa shape index (κ3) is 3.25. The van der Waals surface area contributed by atoms with Crippen molar-refractivity contribution in [3.63, 3.8) is 0 Å². The molecule has 4 nitrogen and oxygen atoms in total. The quantitative estimate of drug-likeness (QED) is 0.785. The number of aromatic nitrogens is 1. The molecule has 2 fully saturated rings. The molecule has 1 saturated carbocycles. The Balaban J connectivity index is 1.51. The second-order valence-electron chi connectivity index (χ2n) is 5.67. The molecule has 1 saturated heterocycles. The summed E-state index contributed by atoms with van der Waals surface area (Å²) in [4.78, 5) is 4.29. The highest BCUT2D eigenvalue weighted by atomic mass is 16.5. The van der Waals surface area contributed by atoms with E-state index in [0.717, 1.165) is 37.7 Å². The molecule has 1 aliphatic heterocycles. The lowest BCUT2D eigenvalue weighted by molar-refractivity contribution is 0.216. The summed E-state index contributed by atoms with van der Waals surface area (Å²) in [7, 11) is 0. The van der Waals surface area contributed by atoms with Crippen molar-refractivity contribution >= 4 is 0 Å². The summed E-state index contributed by atoms with van der Waals surface area (Å²) >= 11 is 0. The Morgan fingerprint density at radius 3 is 3.05 bits per heavy atom. The summed E-state index contributed by atoms with van der Waals surface area (Å²) in [5, 5.41) is 12.2. The fourth-order valence-electron chi connectivity index (χ4n) is 2.73. The third-order valence-corrected chi connectivity index (χ3v) is 4.20. The van der Waals surface area contributed by atoms with Crippen LogP contribution in [0.1, 0.15) is 37.2 Å². The molecule has 1 aromatic heterocycles. The molecule has 1 aliphatic carbocycles. The average Bonchev–Trinajstić information content (AvgIpc) is 3.14. The average molecular weight is 262 g/mol. The Labute approximate surface area is 114 Å². The van der Waals surface area contributed by atoms with Gasteiger partial charge in [0.05, 0.1) is 6.20 Å². The fraction of sp³-hybridized carbons (Fsp3) is 0.667. The second kappa shape index (κ2) is 5.88. The number of hydrogen-bond donors (Lipinski definition) is 2. The van der Waals surface area contributed by atoms with E-state index in [0.29, 0.717) is 18.6 Å². The summed E-state index contributed by atoms with van der Waals surface area (Å²) in [5.41, 5.74) is 1.29. The van der Waals surface area contributed by atoms with Gasteiger partial charge in [0, 0.05) is 18.8 Å². The molecular weight excluding hydrogens is 240 g/mol. The molecule has 104 valence electrons. The van der Waals surface area contributed by atoms with Crippen LogP contribution in [0.15, 0.2) is 18.5 Å². The topological polar surface area (TPSA) is 54.4 Å². The summed E-state index contributed by atoms with van der Waals surface area (Å²) in [6, 6.07) is 2.65. The normalized spacial score (nSPS) is 28.8. The zero-order valence-electron chi connectivity index (χ0n) is 11.2.